The lowest BCUT2D eigenvalue weighted by atomic mass is 9.78. The average molecular weight is 468 g/mol. The molecule has 2 aliphatic rings. The number of Topliss-reactive ketones (excluding diaryl/α,β-unsaturated/α-hetero) is 1. The van der Waals surface area contributed by atoms with Crippen molar-refractivity contribution in [2.45, 2.75) is 44.8 Å². The predicted octanol–water partition coefficient (Wildman–Crippen LogP) is 6.52. The molecule has 2 unspecified atom stereocenters. The summed E-state index contributed by atoms with van der Waals surface area (Å²) < 4.78 is 6.16. The summed E-state index contributed by atoms with van der Waals surface area (Å²) >= 11 is 0. The minimum atomic E-state index is -0.291. The van der Waals surface area contributed by atoms with E-state index in [1.54, 1.807) is 0 Å². The fourth-order valence-corrected chi connectivity index (χ4v) is 5.09. The van der Waals surface area contributed by atoms with Crippen LogP contribution in [0.2, 0.25) is 0 Å². The smallest absolute Gasteiger partial charge is 0.163 e. The number of nitrogens with one attached hydrogen (secondary N) is 2. The highest BCUT2D eigenvalue weighted by molar-refractivity contribution is 6.01. The highest BCUT2D eigenvalue weighted by Gasteiger charge is 2.37. The molecule has 1 heterocycles. The molecule has 3 aromatic carbocycles. The molecule has 0 fully saturated rings. The molecule has 1 aliphatic carbocycles. The maximum atomic E-state index is 13.8. The average Bonchev–Trinajstić information content (AvgIpc) is 3.01. The van der Waals surface area contributed by atoms with Gasteiger partial charge in [0.25, 0.3) is 0 Å². The van der Waals surface area contributed by atoms with E-state index in [-0.39, 0.29) is 23.8 Å². The van der Waals surface area contributed by atoms with Crippen LogP contribution in [-0.2, 0) is 4.79 Å². The van der Waals surface area contributed by atoms with E-state index in [9.17, 15) is 4.79 Å². The number of ether oxygens (including phenoxy) is 1. The zero-order chi connectivity index (χ0) is 24.5. The molecule has 0 aromatic heterocycles. The van der Waals surface area contributed by atoms with E-state index < -0.39 is 0 Å². The van der Waals surface area contributed by atoms with Gasteiger partial charge in [0.05, 0.1) is 23.5 Å². The third-order valence-electron chi connectivity index (χ3n) is 6.78. The van der Waals surface area contributed by atoms with Crippen LogP contribution in [0.15, 0.2) is 84.1 Å². The second kappa shape index (κ2) is 9.49. The van der Waals surface area contributed by atoms with E-state index in [1.807, 2.05) is 58.3 Å². The molecule has 5 nitrogen and oxygen atoms in total. The molecular formula is C30H33N3O2. The number of para-hydroxylation sites is 3. The number of rotatable bonds is 5. The minimum Gasteiger partial charge on any atom is -0.491 e. The predicted molar refractivity (Wildman–Crippen MR) is 143 cm³/mol. The second-order valence-electron chi connectivity index (χ2n) is 9.86. The number of carbonyl (C=O) groups is 1. The molecule has 5 rings (SSSR count). The Hall–Kier alpha value is -3.73. The van der Waals surface area contributed by atoms with E-state index in [2.05, 4.69) is 58.0 Å². The molecule has 1 aliphatic heterocycles. The van der Waals surface area contributed by atoms with Crippen LogP contribution in [0.5, 0.6) is 5.75 Å². The topological polar surface area (TPSA) is 53.6 Å². The number of anilines is 3. The zero-order valence-electron chi connectivity index (χ0n) is 20.8. The van der Waals surface area contributed by atoms with Crippen LogP contribution in [0, 0.1) is 0 Å². The lowest BCUT2D eigenvalue weighted by molar-refractivity contribution is -0.116. The first-order chi connectivity index (χ1) is 16.9. The van der Waals surface area contributed by atoms with Gasteiger partial charge in [-0.3, -0.25) is 4.79 Å². The molecular weight excluding hydrogens is 434 g/mol. The standard InChI is InChI=1S/C30H33N3O2/c1-19(2)35-28-12-8-5-9-23(28)30-29-26(31-24-10-6-7-11-25(24)32-30)17-21(18-27(29)34)20-13-15-22(16-14-20)33(3)4/h5-16,19,21,30-32H,17-18H2,1-4H3. The van der Waals surface area contributed by atoms with E-state index in [4.69, 9.17) is 4.74 Å². The van der Waals surface area contributed by atoms with Gasteiger partial charge < -0.3 is 20.3 Å². The van der Waals surface area contributed by atoms with Crippen molar-refractivity contribution < 1.29 is 9.53 Å². The summed E-state index contributed by atoms with van der Waals surface area (Å²) in [5.74, 6) is 1.11. The first kappa shape index (κ1) is 23.0. The fourth-order valence-electron chi connectivity index (χ4n) is 5.09. The Morgan fingerprint density at radius 1 is 0.886 bits per heavy atom. The number of ketones is 1. The van der Waals surface area contributed by atoms with Crippen LogP contribution in [0.3, 0.4) is 0 Å². The van der Waals surface area contributed by atoms with Gasteiger partial charge in [0, 0.05) is 43.0 Å². The van der Waals surface area contributed by atoms with E-state index in [0.717, 1.165) is 46.1 Å². The Balaban J connectivity index is 1.58. The van der Waals surface area contributed by atoms with Crippen molar-refractivity contribution in [3.8, 4) is 5.75 Å². The summed E-state index contributed by atoms with van der Waals surface area (Å²) in [5, 5.41) is 7.30. The number of hydrogen-bond acceptors (Lipinski definition) is 5. The Labute approximate surface area is 207 Å². The van der Waals surface area contributed by atoms with E-state index in [0.29, 0.717) is 6.42 Å². The van der Waals surface area contributed by atoms with Gasteiger partial charge in [-0.05, 0) is 62.1 Å². The Morgan fingerprint density at radius 2 is 1.57 bits per heavy atom. The molecule has 5 heteroatoms. The Bertz CT molecular complexity index is 1260. The normalized spacial score (nSPS) is 19.3. The first-order valence-corrected chi connectivity index (χ1v) is 12.3. The minimum absolute atomic E-state index is 0.0392. The van der Waals surface area contributed by atoms with Gasteiger partial charge in [0.2, 0.25) is 0 Å². The van der Waals surface area contributed by atoms with Crippen molar-refractivity contribution in [2.24, 2.45) is 0 Å². The number of hydrogen-bond donors (Lipinski definition) is 2. The molecule has 35 heavy (non-hydrogen) atoms. The van der Waals surface area contributed by atoms with Crippen molar-refractivity contribution in [3.63, 3.8) is 0 Å². The summed E-state index contributed by atoms with van der Waals surface area (Å²) in [5.41, 5.74) is 7.10. The van der Waals surface area contributed by atoms with E-state index >= 15 is 0 Å². The van der Waals surface area contributed by atoms with Crippen molar-refractivity contribution in [3.05, 3.63) is 95.2 Å². The van der Waals surface area contributed by atoms with Gasteiger partial charge in [-0.25, -0.2) is 0 Å². The number of carbonyl (C=O) groups excluding carboxylic acids is 1. The van der Waals surface area contributed by atoms with Gasteiger partial charge in [-0.1, -0.05) is 42.5 Å². The number of benzene rings is 3. The molecule has 0 saturated carbocycles. The third kappa shape index (κ3) is 4.63. The van der Waals surface area contributed by atoms with Gasteiger partial charge in [0.15, 0.2) is 5.78 Å². The highest BCUT2D eigenvalue weighted by atomic mass is 16.5. The van der Waals surface area contributed by atoms with Crippen LogP contribution >= 0.6 is 0 Å². The molecule has 2 atom stereocenters. The molecule has 0 saturated heterocycles. The van der Waals surface area contributed by atoms with Crippen LogP contribution in [0.25, 0.3) is 0 Å². The molecule has 0 spiro atoms. The van der Waals surface area contributed by atoms with Gasteiger partial charge >= 0.3 is 0 Å². The van der Waals surface area contributed by atoms with Crippen molar-refractivity contribution >= 4 is 22.8 Å². The van der Waals surface area contributed by atoms with Gasteiger partial charge in [-0.15, -0.1) is 0 Å². The molecule has 2 N–H and O–H groups in total. The summed E-state index contributed by atoms with van der Waals surface area (Å²) in [6.07, 6.45) is 1.31. The summed E-state index contributed by atoms with van der Waals surface area (Å²) in [7, 11) is 4.08. The first-order valence-electron chi connectivity index (χ1n) is 12.3. The maximum Gasteiger partial charge on any atom is 0.163 e. The van der Waals surface area contributed by atoms with Crippen molar-refractivity contribution in [1.82, 2.24) is 0 Å². The van der Waals surface area contributed by atoms with Crippen LogP contribution in [0.4, 0.5) is 17.1 Å². The summed E-state index contributed by atoms with van der Waals surface area (Å²) in [6.45, 7) is 4.05. The van der Waals surface area contributed by atoms with Crippen molar-refractivity contribution in [2.75, 3.05) is 29.6 Å². The largest absolute Gasteiger partial charge is 0.491 e. The van der Waals surface area contributed by atoms with Crippen LogP contribution < -0.4 is 20.3 Å². The molecule has 0 radical (unpaired) electrons. The Morgan fingerprint density at radius 3 is 2.29 bits per heavy atom. The van der Waals surface area contributed by atoms with Gasteiger partial charge in [0.1, 0.15) is 5.75 Å². The molecule has 180 valence electrons. The molecule has 0 amide bonds. The van der Waals surface area contributed by atoms with Crippen LogP contribution in [-0.4, -0.2) is 26.0 Å². The lowest BCUT2D eigenvalue weighted by Crippen LogP contribution is -2.27. The van der Waals surface area contributed by atoms with E-state index in [1.165, 1.54) is 5.56 Å². The summed E-state index contributed by atoms with van der Waals surface area (Å²) in [4.78, 5) is 15.9. The lowest BCUT2D eigenvalue weighted by Gasteiger charge is -2.31. The second-order valence-corrected chi connectivity index (χ2v) is 9.86. The SMILES string of the molecule is CC(C)Oc1ccccc1C1Nc2ccccc2NC2=C1C(=O)CC(c1ccc(N(C)C)cc1)C2. The monoisotopic (exact) mass is 467 g/mol. The van der Waals surface area contributed by atoms with Crippen LogP contribution in [0.1, 0.15) is 49.8 Å². The Kier molecular flexibility index (Phi) is 6.25. The fraction of sp³-hybridized carbons (Fsp3) is 0.300. The number of nitrogens with zero attached hydrogens (tertiary/aromatic N) is 1. The third-order valence-corrected chi connectivity index (χ3v) is 6.78. The summed E-state index contributed by atoms with van der Waals surface area (Å²) in [6, 6.07) is 24.5. The molecule has 3 aromatic rings. The highest BCUT2D eigenvalue weighted by Crippen LogP contribution is 2.46. The number of fused-ring (bicyclic) bond motifs is 1. The molecule has 0 bridgehead atoms. The van der Waals surface area contributed by atoms with Crippen molar-refractivity contribution in [1.29, 1.82) is 0 Å². The number of allylic oxidation sites excluding steroid dienone is 1. The zero-order valence-corrected chi connectivity index (χ0v) is 20.8. The quantitative estimate of drug-likeness (QED) is 0.447. The van der Waals surface area contributed by atoms with Gasteiger partial charge in [-0.2, -0.15) is 0 Å². The maximum absolute atomic E-state index is 13.8.